The van der Waals surface area contributed by atoms with Crippen LogP contribution in [0.15, 0.2) is 36.7 Å². The van der Waals surface area contributed by atoms with Gasteiger partial charge in [-0.25, -0.2) is 9.97 Å². The van der Waals surface area contributed by atoms with Gasteiger partial charge in [-0.15, -0.1) is 0 Å². The molecule has 1 aromatic heterocycles. The summed E-state index contributed by atoms with van der Waals surface area (Å²) in [6.07, 6.45) is 3.96. The van der Waals surface area contributed by atoms with E-state index in [0.29, 0.717) is 17.4 Å². The number of rotatable bonds is 5. The minimum Gasteiger partial charge on any atom is -0.338 e. The Morgan fingerprint density at radius 3 is 2.35 bits per heavy atom. The first-order valence-corrected chi connectivity index (χ1v) is 11.6. The van der Waals surface area contributed by atoms with E-state index < -0.39 is 0 Å². The number of nitrogens with one attached hydrogen (secondary N) is 1. The number of fused-ring (bicyclic) bond motifs is 1. The van der Waals surface area contributed by atoms with Crippen LogP contribution in [0, 0.1) is 25.7 Å². The van der Waals surface area contributed by atoms with Gasteiger partial charge in [0.25, 0.3) is 5.91 Å². The molecular formula is C25H33N5O. The molecule has 3 fully saturated rings. The Morgan fingerprint density at radius 1 is 1.06 bits per heavy atom. The second-order valence-corrected chi connectivity index (χ2v) is 9.73. The van der Waals surface area contributed by atoms with Crippen molar-refractivity contribution in [3.8, 4) is 0 Å². The lowest BCUT2D eigenvalue weighted by atomic mass is 9.77. The number of nitrogens with zero attached hydrogens (tertiary/aromatic N) is 4. The summed E-state index contributed by atoms with van der Waals surface area (Å²) in [5.74, 6) is 1.28. The quantitative estimate of drug-likeness (QED) is 0.807. The molecule has 2 aromatic rings. The Labute approximate surface area is 185 Å². The molecule has 0 radical (unpaired) electrons. The number of carbonyl (C=O) groups is 1. The van der Waals surface area contributed by atoms with E-state index in [2.05, 4.69) is 50.5 Å². The largest absolute Gasteiger partial charge is 0.338 e. The van der Waals surface area contributed by atoms with Crippen molar-refractivity contribution in [3.05, 3.63) is 59.2 Å². The third-order valence-electron chi connectivity index (χ3n) is 7.83. The minimum atomic E-state index is 0.108. The van der Waals surface area contributed by atoms with Crippen LogP contribution in [0.3, 0.4) is 0 Å². The summed E-state index contributed by atoms with van der Waals surface area (Å²) < 4.78 is 0. The SMILES string of the molecule is Cc1ncnc(C)c1C(=O)N1CC2CN(CCC3(c4ccccc4)CCNC3)CC2C1. The molecule has 6 nitrogen and oxygen atoms in total. The highest BCUT2D eigenvalue weighted by Gasteiger charge is 2.43. The van der Waals surface area contributed by atoms with Crippen molar-refractivity contribution in [2.24, 2.45) is 11.8 Å². The molecule has 164 valence electrons. The first kappa shape index (κ1) is 20.6. The topological polar surface area (TPSA) is 61.4 Å². The average Bonchev–Trinajstić information content (AvgIpc) is 3.48. The third kappa shape index (κ3) is 3.87. The van der Waals surface area contributed by atoms with Crippen molar-refractivity contribution in [1.29, 1.82) is 0 Å². The Hall–Kier alpha value is -2.31. The van der Waals surface area contributed by atoms with Crippen LogP contribution in [-0.4, -0.2) is 71.5 Å². The van der Waals surface area contributed by atoms with Gasteiger partial charge in [0.05, 0.1) is 17.0 Å². The molecule has 1 amide bonds. The maximum Gasteiger partial charge on any atom is 0.257 e. The van der Waals surface area contributed by atoms with Gasteiger partial charge in [0.2, 0.25) is 0 Å². The first-order chi connectivity index (χ1) is 15.1. The number of likely N-dealkylation sites (tertiary alicyclic amines) is 2. The van der Waals surface area contributed by atoms with Crippen LogP contribution in [-0.2, 0) is 5.41 Å². The normalized spacial score (nSPS) is 28.3. The summed E-state index contributed by atoms with van der Waals surface area (Å²) in [4.78, 5) is 26.3. The van der Waals surface area contributed by atoms with Crippen LogP contribution in [0.25, 0.3) is 0 Å². The molecule has 0 bridgehead atoms. The smallest absolute Gasteiger partial charge is 0.257 e. The highest BCUT2D eigenvalue weighted by Crippen LogP contribution is 2.37. The molecule has 0 saturated carbocycles. The summed E-state index contributed by atoms with van der Waals surface area (Å²) in [6.45, 7) is 11.1. The molecular weight excluding hydrogens is 386 g/mol. The van der Waals surface area contributed by atoms with E-state index in [1.807, 2.05) is 18.7 Å². The zero-order valence-corrected chi connectivity index (χ0v) is 18.7. The predicted octanol–water partition coefficient (Wildman–Crippen LogP) is 2.42. The van der Waals surface area contributed by atoms with Gasteiger partial charge in [0, 0.05) is 38.1 Å². The van der Waals surface area contributed by atoms with Crippen LogP contribution in [0.5, 0.6) is 0 Å². The van der Waals surface area contributed by atoms with Crippen molar-refractivity contribution in [2.75, 3.05) is 45.8 Å². The van der Waals surface area contributed by atoms with Crippen LogP contribution in [0.2, 0.25) is 0 Å². The lowest BCUT2D eigenvalue weighted by Gasteiger charge is -2.31. The monoisotopic (exact) mass is 419 g/mol. The highest BCUT2D eigenvalue weighted by atomic mass is 16.2. The number of carbonyl (C=O) groups excluding carboxylic acids is 1. The fraction of sp³-hybridized carbons (Fsp3) is 0.560. The summed E-state index contributed by atoms with van der Waals surface area (Å²) >= 11 is 0. The van der Waals surface area contributed by atoms with E-state index in [-0.39, 0.29) is 11.3 Å². The maximum absolute atomic E-state index is 13.1. The van der Waals surface area contributed by atoms with E-state index in [1.165, 1.54) is 18.4 Å². The zero-order chi connectivity index (χ0) is 21.4. The van der Waals surface area contributed by atoms with Crippen molar-refractivity contribution in [1.82, 2.24) is 25.1 Å². The van der Waals surface area contributed by atoms with E-state index in [0.717, 1.165) is 57.2 Å². The third-order valence-corrected chi connectivity index (χ3v) is 7.83. The van der Waals surface area contributed by atoms with Gasteiger partial charge in [-0.2, -0.15) is 0 Å². The zero-order valence-electron chi connectivity index (χ0n) is 18.7. The summed E-state index contributed by atoms with van der Waals surface area (Å²) in [5.41, 5.74) is 4.01. The Kier molecular flexibility index (Phi) is 5.52. The molecule has 6 heteroatoms. The fourth-order valence-electron chi connectivity index (χ4n) is 6.01. The molecule has 3 atom stereocenters. The molecule has 31 heavy (non-hydrogen) atoms. The predicted molar refractivity (Wildman–Crippen MR) is 121 cm³/mol. The minimum absolute atomic E-state index is 0.108. The van der Waals surface area contributed by atoms with E-state index in [4.69, 9.17) is 0 Å². The van der Waals surface area contributed by atoms with Crippen molar-refractivity contribution < 1.29 is 4.79 Å². The second-order valence-electron chi connectivity index (χ2n) is 9.73. The molecule has 3 unspecified atom stereocenters. The highest BCUT2D eigenvalue weighted by molar-refractivity contribution is 5.96. The number of aryl methyl sites for hydroxylation is 2. The molecule has 1 aromatic carbocycles. The number of aromatic nitrogens is 2. The Balaban J connectivity index is 1.19. The molecule has 3 aliphatic rings. The Morgan fingerprint density at radius 2 is 1.74 bits per heavy atom. The van der Waals surface area contributed by atoms with Crippen LogP contribution >= 0.6 is 0 Å². The number of benzene rings is 1. The van der Waals surface area contributed by atoms with Crippen LogP contribution in [0.1, 0.15) is 40.2 Å². The van der Waals surface area contributed by atoms with Crippen LogP contribution in [0.4, 0.5) is 0 Å². The summed E-state index contributed by atoms with van der Waals surface area (Å²) in [5, 5.41) is 3.60. The van der Waals surface area contributed by atoms with Gasteiger partial charge in [0.1, 0.15) is 6.33 Å². The molecule has 3 aliphatic heterocycles. The fourth-order valence-corrected chi connectivity index (χ4v) is 6.01. The molecule has 3 saturated heterocycles. The standard InChI is InChI=1S/C25H33N5O/c1-18-23(19(2)28-17-27-18)24(31)30-14-20-12-29(13-21(20)15-30)11-9-25(8-10-26-16-25)22-6-4-3-5-7-22/h3-7,17,20-21,26H,8-16H2,1-2H3. The van der Waals surface area contributed by atoms with Gasteiger partial charge in [-0.3, -0.25) is 4.79 Å². The number of hydrogen-bond acceptors (Lipinski definition) is 5. The van der Waals surface area contributed by atoms with Gasteiger partial charge in [0.15, 0.2) is 0 Å². The molecule has 1 N–H and O–H groups in total. The van der Waals surface area contributed by atoms with Gasteiger partial charge >= 0.3 is 0 Å². The van der Waals surface area contributed by atoms with Crippen molar-refractivity contribution in [3.63, 3.8) is 0 Å². The van der Waals surface area contributed by atoms with E-state index >= 15 is 0 Å². The summed E-state index contributed by atoms with van der Waals surface area (Å²) in [6, 6.07) is 11.0. The van der Waals surface area contributed by atoms with Crippen molar-refractivity contribution in [2.45, 2.75) is 32.1 Å². The average molecular weight is 420 g/mol. The second kappa shape index (κ2) is 8.32. The lowest BCUT2D eigenvalue weighted by molar-refractivity contribution is 0.0771. The van der Waals surface area contributed by atoms with E-state index in [9.17, 15) is 4.79 Å². The maximum atomic E-state index is 13.1. The molecule has 0 aliphatic carbocycles. The molecule has 4 heterocycles. The van der Waals surface area contributed by atoms with Gasteiger partial charge < -0.3 is 15.1 Å². The van der Waals surface area contributed by atoms with E-state index in [1.54, 1.807) is 6.33 Å². The van der Waals surface area contributed by atoms with Crippen LogP contribution < -0.4 is 5.32 Å². The van der Waals surface area contributed by atoms with Gasteiger partial charge in [-0.1, -0.05) is 30.3 Å². The summed E-state index contributed by atoms with van der Waals surface area (Å²) in [7, 11) is 0. The molecule has 5 rings (SSSR count). The number of hydrogen-bond donors (Lipinski definition) is 1. The van der Waals surface area contributed by atoms with Crippen molar-refractivity contribution >= 4 is 5.91 Å². The Bertz CT molecular complexity index is 906. The van der Waals surface area contributed by atoms with Gasteiger partial charge in [-0.05, 0) is 57.2 Å². The lowest BCUT2D eigenvalue weighted by Crippen LogP contribution is -2.37. The first-order valence-electron chi connectivity index (χ1n) is 11.6. The number of amides is 1. The molecule has 0 spiro atoms.